The molecule has 0 saturated heterocycles. The Morgan fingerprint density at radius 3 is 3.12 bits per heavy atom. The van der Waals surface area contributed by atoms with E-state index in [2.05, 4.69) is 22.2 Å². The average Bonchev–Trinajstić information content (AvgIpc) is 2.74. The van der Waals surface area contributed by atoms with Gasteiger partial charge in [-0.05, 0) is 45.2 Å². The Morgan fingerprint density at radius 1 is 1.47 bits per heavy atom. The summed E-state index contributed by atoms with van der Waals surface area (Å²) < 4.78 is 0. The summed E-state index contributed by atoms with van der Waals surface area (Å²) in [5.74, 6) is 0. The van der Waals surface area contributed by atoms with E-state index in [9.17, 15) is 0 Å². The molecule has 1 saturated carbocycles. The number of aromatic nitrogens is 2. The molecule has 1 fully saturated rings. The van der Waals surface area contributed by atoms with Gasteiger partial charge in [-0.3, -0.25) is 0 Å². The molecule has 1 aromatic rings. The van der Waals surface area contributed by atoms with Crippen molar-refractivity contribution in [3.8, 4) is 0 Å². The SMILES string of the molecule is CCCNC1CCC(Sc2nccc(C)n2)C1. The van der Waals surface area contributed by atoms with Crippen molar-refractivity contribution in [3.05, 3.63) is 18.0 Å². The first-order valence-corrected chi connectivity index (χ1v) is 7.35. The second-order valence-corrected chi connectivity index (χ2v) is 5.95. The molecule has 0 amide bonds. The van der Waals surface area contributed by atoms with Crippen LogP contribution in [0.1, 0.15) is 38.3 Å². The molecular weight excluding hydrogens is 230 g/mol. The van der Waals surface area contributed by atoms with Crippen molar-refractivity contribution < 1.29 is 0 Å². The Labute approximate surface area is 108 Å². The second kappa shape index (κ2) is 6.36. The molecule has 1 aromatic heterocycles. The first-order valence-electron chi connectivity index (χ1n) is 6.47. The van der Waals surface area contributed by atoms with Gasteiger partial charge in [-0.1, -0.05) is 18.7 Å². The highest BCUT2D eigenvalue weighted by molar-refractivity contribution is 7.99. The Hall–Kier alpha value is -0.610. The van der Waals surface area contributed by atoms with Crippen molar-refractivity contribution in [2.75, 3.05) is 6.54 Å². The number of rotatable bonds is 5. The van der Waals surface area contributed by atoms with Crippen LogP contribution in [0.5, 0.6) is 0 Å². The van der Waals surface area contributed by atoms with Crippen LogP contribution in [0.3, 0.4) is 0 Å². The van der Waals surface area contributed by atoms with Crippen LogP contribution in [0.25, 0.3) is 0 Å². The molecular formula is C13H21N3S. The van der Waals surface area contributed by atoms with Crippen LogP contribution in [0.2, 0.25) is 0 Å². The third-order valence-electron chi connectivity index (χ3n) is 3.11. The molecule has 2 unspecified atom stereocenters. The highest BCUT2D eigenvalue weighted by atomic mass is 32.2. The lowest BCUT2D eigenvalue weighted by Crippen LogP contribution is -2.27. The largest absolute Gasteiger partial charge is 0.314 e. The van der Waals surface area contributed by atoms with Gasteiger partial charge >= 0.3 is 0 Å². The molecule has 4 heteroatoms. The molecule has 0 aromatic carbocycles. The fourth-order valence-corrected chi connectivity index (χ4v) is 3.41. The molecule has 2 atom stereocenters. The predicted molar refractivity (Wildman–Crippen MR) is 72.3 cm³/mol. The third kappa shape index (κ3) is 3.96. The first kappa shape index (κ1) is 12.8. The summed E-state index contributed by atoms with van der Waals surface area (Å²) in [5.41, 5.74) is 1.06. The van der Waals surface area contributed by atoms with Crippen LogP contribution < -0.4 is 5.32 Å². The van der Waals surface area contributed by atoms with E-state index in [4.69, 9.17) is 0 Å². The van der Waals surface area contributed by atoms with E-state index in [1.807, 2.05) is 30.9 Å². The fourth-order valence-electron chi connectivity index (χ4n) is 2.21. The highest BCUT2D eigenvalue weighted by Crippen LogP contribution is 2.33. The number of aryl methyl sites for hydroxylation is 1. The van der Waals surface area contributed by atoms with Crippen molar-refractivity contribution in [1.29, 1.82) is 0 Å². The van der Waals surface area contributed by atoms with E-state index in [1.54, 1.807) is 0 Å². The van der Waals surface area contributed by atoms with Gasteiger partial charge in [0.2, 0.25) is 0 Å². The minimum Gasteiger partial charge on any atom is -0.314 e. The second-order valence-electron chi connectivity index (χ2n) is 4.68. The van der Waals surface area contributed by atoms with E-state index in [-0.39, 0.29) is 0 Å². The Bertz CT molecular complexity index is 356. The van der Waals surface area contributed by atoms with Crippen LogP contribution in [0, 0.1) is 6.92 Å². The average molecular weight is 251 g/mol. The predicted octanol–water partition coefficient (Wildman–Crippen LogP) is 2.80. The van der Waals surface area contributed by atoms with E-state index in [0.717, 1.165) is 17.4 Å². The van der Waals surface area contributed by atoms with Gasteiger partial charge in [0.05, 0.1) is 0 Å². The third-order valence-corrected chi connectivity index (χ3v) is 4.28. The quantitative estimate of drug-likeness (QED) is 0.817. The zero-order valence-corrected chi connectivity index (χ0v) is 11.5. The minimum atomic E-state index is 0.686. The number of hydrogen-bond acceptors (Lipinski definition) is 4. The maximum absolute atomic E-state index is 4.46. The molecule has 1 N–H and O–H groups in total. The van der Waals surface area contributed by atoms with Crippen molar-refractivity contribution in [2.45, 2.75) is 56.0 Å². The molecule has 0 aliphatic heterocycles. The number of thioether (sulfide) groups is 1. The van der Waals surface area contributed by atoms with Crippen LogP contribution in [-0.2, 0) is 0 Å². The maximum atomic E-state index is 4.46. The van der Waals surface area contributed by atoms with E-state index < -0.39 is 0 Å². The minimum absolute atomic E-state index is 0.686. The number of nitrogens with zero attached hydrogens (tertiary/aromatic N) is 2. The zero-order valence-electron chi connectivity index (χ0n) is 10.6. The highest BCUT2D eigenvalue weighted by Gasteiger charge is 2.25. The van der Waals surface area contributed by atoms with Crippen LogP contribution in [0.4, 0.5) is 0 Å². The lowest BCUT2D eigenvalue weighted by atomic mass is 10.2. The monoisotopic (exact) mass is 251 g/mol. The topological polar surface area (TPSA) is 37.8 Å². The first-order chi connectivity index (χ1) is 8.28. The van der Waals surface area contributed by atoms with E-state index in [0.29, 0.717) is 11.3 Å². The fraction of sp³-hybridized carbons (Fsp3) is 0.692. The van der Waals surface area contributed by atoms with Crippen molar-refractivity contribution >= 4 is 11.8 Å². The van der Waals surface area contributed by atoms with Crippen LogP contribution in [0.15, 0.2) is 17.4 Å². The maximum Gasteiger partial charge on any atom is 0.187 e. The molecule has 1 aliphatic carbocycles. The molecule has 2 rings (SSSR count). The molecule has 0 spiro atoms. The van der Waals surface area contributed by atoms with Gasteiger partial charge in [-0.25, -0.2) is 9.97 Å². The van der Waals surface area contributed by atoms with Gasteiger partial charge in [0.1, 0.15) is 0 Å². The summed E-state index contributed by atoms with van der Waals surface area (Å²) >= 11 is 1.84. The summed E-state index contributed by atoms with van der Waals surface area (Å²) in [4.78, 5) is 8.78. The zero-order chi connectivity index (χ0) is 12.1. The van der Waals surface area contributed by atoms with Gasteiger partial charge in [0.25, 0.3) is 0 Å². The summed E-state index contributed by atoms with van der Waals surface area (Å²) in [5, 5.41) is 5.23. The Kier molecular flexibility index (Phi) is 4.80. The van der Waals surface area contributed by atoms with Crippen molar-refractivity contribution in [2.24, 2.45) is 0 Å². The van der Waals surface area contributed by atoms with Crippen molar-refractivity contribution in [3.63, 3.8) is 0 Å². The molecule has 3 nitrogen and oxygen atoms in total. The smallest absolute Gasteiger partial charge is 0.187 e. The molecule has 1 aliphatic rings. The Balaban J connectivity index is 1.81. The van der Waals surface area contributed by atoms with Crippen LogP contribution >= 0.6 is 11.8 Å². The number of nitrogens with one attached hydrogen (secondary N) is 1. The normalized spacial score (nSPS) is 24.1. The summed E-state index contributed by atoms with van der Waals surface area (Å²) in [6.45, 7) is 5.38. The summed E-state index contributed by atoms with van der Waals surface area (Å²) in [6, 6.07) is 2.65. The number of hydrogen-bond donors (Lipinski definition) is 1. The Morgan fingerprint density at radius 2 is 2.35 bits per heavy atom. The van der Waals surface area contributed by atoms with E-state index in [1.165, 1.54) is 25.7 Å². The van der Waals surface area contributed by atoms with Crippen LogP contribution in [-0.4, -0.2) is 27.8 Å². The van der Waals surface area contributed by atoms with Gasteiger partial charge in [0.15, 0.2) is 5.16 Å². The molecule has 94 valence electrons. The van der Waals surface area contributed by atoms with E-state index >= 15 is 0 Å². The molecule has 0 bridgehead atoms. The molecule has 1 heterocycles. The van der Waals surface area contributed by atoms with Gasteiger partial charge in [-0.2, -0.15) is 0 Å². The molecule has 17 heavy (non-hydrogen) atoms. The standard InChI is InChI=1S/C13H21N3S/c1-3-7-14-11-4-5-12(9-11)17-13-15-8-6-10(2)16-13/h6,8,11-12,14H,3-5,7,9H2,1-2H3. The van der Waals surface area contributed by atoms with Gasteiger partial charge < -0.3 is 5.32 Å². The summed E-state index contributed by atoms with van der Waals surface area (Å²) in [6.07, 6.45) is 6.90. The lowest BCUT2D eigenvalue weighted by molar-refractivity contribution is 0.524. The lowest BCUT2D eigenvalue weighted by Gasteiger charge is -2.11. The van der Waals surface area contributed by atoms with Crippen molar-refractivity contribution in [1.82, 2.24) is 15.3 Å². The molecule has 0 radical (unpaired) electrons. The summed E-state index contributed by atoms with van der Waals surface area (Å²) in [7, 11) is 0. The van der Waals surface area contributed by atoms with Gasteiger partial charge in [0, 0.05) is 23.2 Å². The van der Waals surface area contributed by atoms with Gasteiger partial charge in [-0.15, -0.1) is 0 Å².